The predicted octanol–water partition coefficient (Wildman–Crippen LogP) is 5.75. The number of pyridine rings is 3. The fourth-order valence-corrected chi connectivity index (χ4v) is 5.26. The molecule has 0 spiro atoms. The zero-order chi connectivity index (χ0) is 25.5. The number of benzene rings is 1. The minimum atomic E-state index is -0.303. The summed E-state index contributed by atoms with van der Waals surface area (Å²) in [6.45, 7) is 3.20. The molecule has 5 aromatic heterocycles. The Hall–Kier alpha value is -4.50. The molecule has 0 saturated carbocycles. The lowest BCUT2D eigenvalue weighted by atomic mass is 10.1. The molecular formula is C29H25FN8. The largest absolute Gasteiger partial charge is 0.335 e. The van der Waals surface area contributed by atoms with Crippen molar-refractivity contribution in [3.8, 4) is 33.8 Å². The third-order valence-electron chi connectivity index (χ3n) is 7.16. The molecule has 1 aliphatic heterocycles. The normalized spacial score (nSPS) is 14.4. The summed E-state index contributed by atoms with van der Waals surface area (Å²) in [6.07, 6.45) is 12.9. The molecule has 0 bridgehead atoms. The minimum absolute atomic E-state index is 0.303. The molecule has 0 aliphatic carbocycles. The van der Waals surface area contributed by atoms with Crippen LogP contribution >= 0.6 is 0 Å². The number of imidazole rings is 1. The molecule has 6 aromatic rings. The molecule has 38 heavy (non-hydrogen) atoms. The number of H-pyrrole nitrogens is 2. The Bertz CT molecular complexity index is 1770. The van der Waals surface area contributed by atoms with Gasteiger partial charge >= 0.3 is 0 Å². The van der Waals surface area contributed by atoms with Crippen molar-refractivity contribution in [1.82, 2.24) is 40.0 Å². The number of halogens is 1. The van der Waals surface area contributed by atoms with Crippen LogP contribution in [0.4, 0.5) is 4.39 Å². The summed E-state index contributed by atoms with van der Waals surface area (Å²) < 4.78 is 13.9. The van der Waals surface area contributed by atoms with E-state index in [4.69, 9.17) is 4.98 Å². The molecule has 9 heteroatoms. The van der Waals surface area contributed by atoms with Crippen LogP contribution in [0.15, 0.2) is 67.4 Å². The van der Waals surface area contributed by atoms with Gasteiger partial charge in [-0.25, -0.2) is 14.4 Å². The molecule has 1 aliphatic rings. The molecule has 0 atom stereocenters. The third kappa shape index (κ3) is 4.20. The van der Waals surface area contributed by atoms with E-state index in [9.17, 15) is 4.39 Å². The van der Waals surface area contributed by atoms with Gasteiger partial charge in [0.2, 0.25) is 0 Å². The number of fused-ring (bicyclic) bond motifs is 2. The van der Waals surface area contributed by atoms with E-state index in [0.29, 0.717) is 17.0 Å². The average molecular weight is 505 g/mol. The first-order chi connectivity index (χ1) is 18.7. The number of aromatic amines is 2. The summed E-state index contributed by atoms with van der Waals surface area (Å²) in [5.74, 6) is 0.312. The van der Waals surface area contributed by atoms with Crippen molar-refractivity contribution in [3.05, 3.63) is 78.8 Å². The van der Waals surface area contributed by atoms with Crippen LogP contribution in [0.1, 0.15) is 24.8 Å². The highest BCUT2D eigenvalue weighted by Gasteiger charge is 2.17. The Morgan fingerprint density at radius 3 is 2.63 bits per heavy atom. The molecule has 0 unspecified atom stereocenters. The van der Waals surface area contributed by atoms with Crippen molar-refractivity contribution in [2.24, 2.45) is 0 Å². The predicted molar refractivity (Wildman–Crippen MR) is 145 cm³/mol. The number of rotatable bonds is 5. The minimum Gasteiger partial charge on any atom is -0.335 e. The van der Waals surface area contributed by atoms with Crippen molar-refractivity contribution in [3.63, 3.8) is 0 Å². The first kappa shape index (κ1) is 22.7. The maximum atomic E-state index is 13.9. The van der Waals surface area contributed by atoms with Crippen LogP contribution in [0, 0.1) is 5.82 Å². The van der Waals surface area contributed by atoms with Gasteiger partial charge in [-0.2, -0.15) is 5.10 Å². The summed E-state index contributed by atoms with van der Waals surface area (Å²) in [7, 11) is 0. The first-order valence-electron chi connectivity index (χ1n) is 12.8. The zero-order valence-corrected chi connectivity index (χ0v) is 20.7. The molecule has 6 heterocycles. The molecule has 0 radical (unpaired) electrons. The van der Waals surface area contributed by atoms with Crippen LogP contribution in [0.2, 0.25) is 0 Å². The van der Waals surface area contributed by atoms with Gasteiger partial charge in [0.1, 0.15) is 11.5 Å². The van der Waals surface area contributed by atoms with Crippen LogP contribution in [0.3, 0.4) is 0 Å². The molecule has 1 fully saturated rings. The molecule has 2 N–H and O–H groups in total. The number of likely N-dealkylation sites (tertiary alicyclic amines) is 1. The summed E-state index contributed by atoms with van der Waals surface area (Å²) >= 11 is 0. The van der Waals surface area contributed by atoms with E-state index in [-0.39, 0.29) is 5.82 Å². The highest BCUT2D eigenvalue weighted by molar-refractivity contribution is 5.96. The van der Waals surface area contributed by atoms with Gasteiger partial charge in [-0.1, -0.05) is 18.6 Å². The van der Waals surface area contributed by atoms with Gasteiger partial charge in [0, 0.05) is 48.0 Å². The van der Waals surface area contributed by atoms with Gasteiger partial charge in [-0.15, -0.1) is 0 Å². The summed E-state index contributed by atoms with van der Waals surface area (Å²) in [5, 5.41) is 8.35. The summed E-state index contributed by atoms with van der Waals surface area (Å²) in [4.78, 5) is 24.2. The van der Waals surface area contributed by atoms with E-state index >= 15 is 0 Å². The fraction of sp³-hybridized carbons (Fsp3) is 0.207. The quantitative estimate of drug-likeness (QED) is 0.310. The van der Waals surface area contributed by atoms with E-state index in [1.54, 1.807) is 18.5 Å². The van der Waals surface area contributed by atoms with Crippen LogP contribution in [-0.2, 0) is 6.54 Å². The van der Waals surface area contributed by atoms with E-state index in [1.807, 2.05) is 24.7 Å². The second-order valence-electron chi connectivity index (χ2n) is 9.79. The topological polar surface area (TPSA) is 99.3 Å². The van der Waals surface area contributed by atoms with Gasteiger partial charge < -0.3 is 4.98 Å². The maximum absolute atomic E-state index is 13.9. The Balaban J connectivity index is 1.26. The van der Waals surface area contributed by atoms with Gasteiger partial charge in [-0.05, 0) is 61.3 Å². The average Bonchev–Trinajstić information content (AvgIpc) is 3.57. The van der Waals surface area contributed by atoms with Gasteiger partial charge in [-0.3, -0.25) is 20.0 Å². The van der Waals surface area contributed by atoms with Gasteiger partial charge in [0.25, 0.3) is 0 Å². The maximum Gasteiger partial charge on any atom is 0.181 e. The second kappa shape index (κ2) is 9.42. The smallest absolute Gasteiger partial charge is 0.181 e. The molecule has 1 saturated heterocycles. The highest BCUT2D eigenvalue weighted by Crippen LogP contribution is 2.32. The van der Waals surface area contributed by atoms with E-state index in [2.05, 4.69) is 47.2 Å². The Kier molecular flexibility index (Phi) is 5.62. The zero-order valence-electron chi connectivity index (χ0n) is 20.7. The van der Waals surface area contributed by atoms with Crippen molar-refractivity contribution in [2.45, 2.75) is 25.8 Å². The summed E-state index contributed by atoms with van der Waals surface area (Å²) in [5.41, 5.74) is 7.45. The monoisotopic (exact) mass is 504 g/mol. The van der Waals surface area contributed by atoms with Crippen molar-refractivity contribution in [2.75, 3.05) is 13.1 Å². The fourth-order valence-electron chi connectivity index (χ4n) is 5.26. The molecular weight excluding hydrogens is 479 g/mol. The number of hydrogen-bond acceptors (Lipinski definition) is 6. The van der Waals surface area contributed by atoms with Crippen molar-refractivity contribution >= 4 is 22.1 Å². The van der Waals surface area contributed by atoms with Crippen LogP contribution in [0.25, 0.3) is 55.8 Å². The number of nitrogens with zero attached hydrogens (tertiary/aromatic N) is 6. The third-order valence-corrected chi connectivity index (χ3v) is 7.16. The van der Waals surface area contributed by atoms with E-state index < -0.39 is 0 Å². The van der Waals surface area contributed by atoms with Gasteiger partial charge in [0.05, 0.1) is 22.6 Å². The van der Waals surface area contributed by atoms with E-state index in [0.717, 1.165) is 58.5 Å². The van der Waals surface area contributed by atoms with Crippen LogP contribution < -0.4 is 0 Å². The number of piperidine rings is 1. The van der Waals surface area contributed by atoms with Crippen molar-refractivity contribution in [1.29, 1.82) is 0 Å². The van der Waals surface area contributed by atoms with Crippen LogP contribution in [0.5, 0.6) is 0 Å². The molecule has 188 valence electrons. The lowest BCUT2D eigenvalue weighted by Gasteiger charge is -2.26. The Morgan fingerprint density at radius 2 is 1.74 bits per heavy atom. The molecule has 8 nitrogen and oxygen atoms in total. The lowest BCUT2D eigenvalue weighted by Crippen LogP contribution is -2.29. The van der Waals surface area contributed by atoms with E-state index in [1.165, 1.54) is 37.0 Å². The Labute approximate surface area is 218 Å². The first-order valence-corrected chi connectivity index (χ1v) is 12.8. The SMILES string of the molecule is Fc1cccc(-c2cncc3[nH]c(-c4[nH]nc5ncc(-c6cncc(CN7CCCCC7)c6)cc45)nc23)c1. The van der Waals surface area contributed by atoms with Crippen LogP contribution in [-0.4, -0.2) is 53.1 Å². The number of nitrogens with one attached hydrogen (secondary N) is 2. The standard InChI is InChI=1S/C29H25FN8/c30-22-6-4-5-19(10-22)24-15-32-16-25-26(24)35-29(34-25)27-23-11-21(14-33-28(23)37-36-27)20-9-18(12-31-13-20)17-38-7-2-1-3-8-38/h4-6,9-16H,1-3,7-8,17H2,(H,34,35)(H,33,36,37). The lowest BCUT2D eigenvalue weighted by molar-refractivity contribution is 0.220. The number of hydrogen-bond donors (Lipinski definition) is 2. The molecule has 1 aromatic carbocycles. The molecule has 0 amide bonds. The van der Waals surface area contributed by atoms with Crippen molar-refractivity contribution < 1.29 is 4.39 Å². The highest BCUT2D eigenvalue weighted by atomic mass is 19.1. The van der Waals surface area contributed by atoms with Gasteiger partial charge in [0.15, 0.2) is 11.5 Å². The summed E-state index contributed by atoms with van der Waals surface area (Å²) in [6, 6.07) is 10.7. The second-order valence-corrected chi connectivity index (χ2v) is 9.79. The Morgan fingerprint density at radius 1 is 0.868 bits per heavy atom. The molecule has 7 rings (SSSR count). The number of aromatic nitrogens is 7.